The number of anilines is 2. The van der Waals surface area contributed by atoms with E-state index in [0.717, 1.165) is 22.5 Å². The Morgan fingerprint density at radius 1 is 0.700 bits per heavy atom. The number of nitrogens with one attached hydrogen (secondary N) is 2. The van der Waals surface area contributed by atoms with E-state index in [9.17, 15) is 0 Å². The SMILES string of the molecule is CNc1ccccc1C=NN=Cc1ccccc1NC. The fourth-order valence-electron chi connectivity index (χ4n) is 1.87. The molecule has 0 saturated heterocycles. The Balaban J connectivity index is 2.11. The molecule has 4 heteroatoms. The van der Waals surface area contributed by atoms with Gasteiger partial charge in [-0.05, 0) is 12.1 Å². The van der Waals surface area contributed by atoms with E-state index in [0.29, 0.717) is 0 Å². The summed E-state index contributed by atoms with van der Waals surface area (Å²) in [5, 5.41) is 14.4. The number of hydrogen-bond donors (Lipinski definition) is 2. The van der Waals surface area contributed by atoms with Crippen molar-refractivity contribution in [3.63, 3.8) is 0 Å². The van der Waals surface area contributed by atoms with Gasteiger partial charge in [-0.2, -0.15) is 10.2 Å². The van der Waals surface area contributed by atoms with E-state index >= 15 is 0 Å². The van der Waals surface area contributed by atoms with Gasteiger partial charge in [-0.1, -0.05) is 36.4 Å². The molecule has 0 amide bonds. The zero-order valence-electron chi connectivity index (χ0n) is 11.7. The van der Waals surface area contributed by atoms with Gasteiger partial charge < -0.3 is 10.6 Å². The molecule has 0 aliphatic carbocycles. The largest absolute Gasteiger partial charge is 0.388 e. The zero-order valence-corrected chi connectivity index (χ0v) is 11.7. The number of hydrogen-bond acceptors (Lipinski definition) is 4. The molecular weight excluding hydrogens is 248 g/mol. The van der Waals surface area contributed by atoms with Crippen molar-refractivity contribution in [3.05, 3.63) is 59.7 Å². The Morgan fingerprint density at radius 2 is 1.10 bits per heavy atom. The van der Waals surface area contributed by atoms with Crippen LogP contribution in [0.1, 0.15) is 11.1 Å². The highest BCUT2D eigenvalue weighted by atomic mass is 15.2. The van der Waals surface area contributed by atoms with Gasteiger partial charge in [-0.3, -0.25) is 0 Å². The monoisotopic (exact) mass is 266 g/mol. The molecule has 102 valence electrons. The lowest BCUT2D eigenvalue weighted by Gasteiger charge is -2.03. The van der Waals surface area contributed by atoms with Crippen molar-refractivity contribution in [2.45, 2.75) is 0 Å². The Kier molecular flexibility index (Phi) is 4.89. The highest BCUT2D eigenvalue weighted by molar-refractivity contribution is 5.90. The smallest absolute Gasteiger partial charge is 0.0588 e. The quantitative estimate of drug-likeness (QED) is 0.645. The van der Waals surface area contributed by atoms with Crippen LogP contribution in [0, 0.1) is 0 Å². The molecular formula is C16H18N4. The minimum atomic E-state index is 1.01. The summed E-state index contributed by atoms with van der Waals surface area (Å²) in [4.78, 5) is 0. The van der Waals surface area contributed by atoms with E-state index in [4.69, 9.17) is 0 Å². The van der Waals surface area contributed by atoms with Crippen LogP contribution in [-0.4, -0.2) is 26.5 Å². The van der Waals surface area contributed by atoms with Crippen LogP contribution < -0.4 is 10.6 Å². The summed E-state index contributed by atoms with van der Waals surface area (Å²) in [6, 6.07) is 15.9. The van der Waals surface area contributed by atoms with Crippen molar-refractivity contribution >= 4 is 23.8 Å². The van der Waals surface area contributed by atoms with Crippen LogP contribution >= 0.6 is 0 Å². The lowest BCUT2D eigenvalue weighted by atomic mass is 10.2. The van der Waals surface area contributed by atoms with Crippen LogP contribution in [-0.2, 0) is 0 Å². The summed E-state index contributed by atoms with van der Waals surface area (Å²) in [5.41, 5.74) is 4.08. The Morgan fingerprint density at radius 3 is 1.50 bits per heavy atom. The van der Waals surface area contributed by atoms with E-state index in [1.54, 1.807) is 12.4 Å². The standard InChI is InChI=1S/C16H18N4/c1-17-15-9-5-3-7-13(15)11-19-20-12-14-8-4-6-10-16(14)18-2/h3-12,17-18H,1-2H3. The van der Waals surface area contributed by atoms with E-state index in [-0.39, 0.29) is 0 Å². The third kappa shape index (κ3) is 3.45. The van der Waals surface area contributed by atoms with E-state index in [1.807, 2.05) is 62.6 Å². The van der Waals surface area contributed by atoms with E-state index in [2.05, 4.69) is 20.8 Å². The molecule has 0 spiro atoms. The van der Waals surface area contributed by atoms with Gasteiger partial charge in [0.25, 0.3) is 0 Å². The number of nitrogens with zero attached hydrogens (tertiary/aromatic N) is 2. The summed E-state index contributed by atoms with van der Waals surface area (Å²) in [6.45, 7) is 0. The molecule has 0 fully saturated rings. The third-order valence-electron chi connectivity index (χ3n) is 2.92. The van der Waals surface area contributed by atoms with Crippen LogP contribution in [0.15, 0.2) is 58.7 Å². The average molecular weight is 266 g/mol. The molecule has 0 heterocycles. The molecule has 0 aliphatic rings. The van der Waals surface area contributed by atoms with Gasteiger partial charge >= 0.3 is 0 Å². The van der Waals surface area contributed by atoms with Crippen molar-refractivity contribution < 1.29 is 0 Å². The fourth-order valence-corrected chi connectivity index (χ4v) is 1.87. The maximum atomic E-state index is 4.10. The lowest BCUT2D eigenvalue weighted by Crippen LogP contribution is -1.94. The van der Waals surface area contributed by atoms with Crippen molar-refractivity contribution in [1.29, 1.82) is 0 Å². The van der Waals surface area contributed by atoms with Gasteiger partial charge in [0.2, 0.25) is 0 Å². The number of benzene rings is 2. The summed E-state index contributed by atoms with van der Waals surface area (Å²) in [5.74, 6) is 0. The fraction of sp³-hybridized carbons (Fsp3) is 0.125. The van der Waals surface area contributed by atoms with Crippen molar-refractivity contribution in [1.82, 2.24) is 0 Å². The minimum Gasteiger partial charge on any atom is -0.388 e. The molecule has 0 aliphatic heterocycles. The normalized spacial score (nSPS) is 11.1. The molecule has 0 radical (unpaired) electrons. The summed E-state index contributed by atoms with van der Waals surface area (Å²) < 4.78 is 0. The molecule has 0 saturated carbocycles. The number of rotatable bonds is 5. The van der Waals surface area contributed by atoms with Crippen LogP contribution in [0.5, 0.6) is 0 Å². The van der Waals surface area contributed by atoms with Crippen molar-refractivity contribution in [3.8, 4) is 0 Å². The topological polar surface area (TPSA) is 48.8 Å². The first kappa shape index (κ1) is 13.8. The van der Waals surface area contributed by atoms with Crippen LogP contribution in [0.4, 0.5) is 11.4 Å². The second-order valence-corrected chi connectivity index (χ2v) is 4.16. The summed E-state index contributed by atoms with van der Waals surface area (Å²) in [6.07, 6.45) is 3.48. The van der Waals surface area contributed by atoms with Gasteiger partial charge in [-0.25, -0.2) is 0 Å². The molecule has 0 bridgehead atoms. The predicted molar refractivity (Wildman–Crippen MR) is 87.2 cm³/mol. The second kappa shape index (κ2) is 7.09. The molecule has 0 atom stereocenters. The van der Waals surface area contributed by atoms with Crippen LogP contribution in [0.3, 0.4) is 0 Å². The highest BCUT2D eigenvalue weighted by Crippen LogP contribution is 2.12. The van der Waals surface area contributed by atoms with Crippen molar-refractivity contribution in [2.75, 3.05) is 24.7 Å². The Hall–Kier alpha value is -2.62. The zero-order chi connectivity index (χ0) is 14.2. The Labute approximate surface area is 119 Å². The van der Waals surface area contributed by atoms with Gasteiger partial charge in [0.05, 0.1) is 12.4 Å². The van der Waals surface area contributed by atoms with Crippen LogP contribution in [0.25, 0.3) is 0 Å². The van der Waals surface area contributed by atoms with Crippen molar-refractivity contribution in [2.24, 2.45) is 10.2 Å². The first-order chi connectivity index (χ1) is 9.85. The lowest BCUT2D eigenvalue weighted by molar-refractivity contribution is 1.26. The van der Waals surface area contributed by atoms with Gasteiger partial charge in [-0.15, -0.1) is 0 Å². The Bertz CT molecular complexity index is 562. The van der Waals surface area contributed by atoms with Gasteiger partial charge in [0, 0.05) is 36.6 Å². The molecule has 20 heavy (non-hydrogen) atoms. The maximum Gasteiger partial charge on any atom is 0.0588 e. The third-order valence-corrected chi connectivity index (χ3v) is 2.92. The molecule has 2 aromatic rings. The summed E-state index contributed by atoms with van der Waals surface area (Å²) >= 11 is 0. The van der Waals surface area contributed by atoms with E-state index in [1.165, 1.54) is 0 Å². The average Bonchev–Trinajstić information content (AvgIpc) is 2.52. The highest BCUT2D eigenvalue weighted by Gasteiger charge is 1.96. The maximum absolute atomic E-state index is 4.10. The number of para-hydroxylation sites is 2. The minimum absolute atomic E-state index is 1.01. The van der Waals surface area contributed by atoms with E-state index < -0.39 is 0 Å². The van der Waals surface area contributed by atoms with Crippen LogP contribution in [0.2, 0.25) is 0 Å². The molecule has 2 rings (SSSR count). The predicted octanol–water partition coefficient (Wildman–Crippen LogP) is 3.22. The summed E-state index contributed by atoms with van der Waals surface area (Å²) in [7, 11) is 3.78. The second-order valence-electron chi connectivity index (χ2n) is 4.16. The molecule has 2 N–H and O–H groups in total. The van der Waals surface area contributed by atoms with Gasteiger partial charge in [0.1, 0.15) is 0 Å². The molecule has 2 aromatic carbocycles. The first-order valence-electron chi connectivity index (χ1n) is 6.45. The first-order valence-corrected chi connectivity index (χ1v) is 6.45. The molecule has 0 aromatic heterocycles. The van der Waals surface area contributed by atoms with Gasteiger partial charge in [0.15, 0.2) is 0 Å². The molecule has 4 nitrogen and oxygen atoms in total. The molecule has 0 unspecified atom stereocenters.